The van der Waals surface area contributed by atoms with Crippen LogP contribution in [-0.2, 0) is 0 Å². The van der Waals surface area contributed by atoms with Gasteiger partial charge >= 0.3 is 0 Å². The van der Waals surface area contributed by atoms with Crippen molar-refractivity contribution in [2.24, 2.45) is 11.8 Å². The Hall–Kier alpha value is -8.66. The molecule has 332 valence electrons. The molecule has 2 heterocycles. The third kappa shape index (κ3) is 6.80. The van der Waals surface area contributed by atoms with Crippen LogP contribution in [-0.4, -0.2) is 9.13 Å². The molecular formula is C67H49N3. The normalized spacial score (nSPS) is 16.3. The van der Waals surface area contributed by atoms with Crippen molar-refractivity contribution in [2.45, 2.75) is 18.8 Å². The monoisotopic (exact) mass is 895 g/mol. The van der Waals surface area contributed by atoms with Gasteiger partial charge in [0.05, 0.1) is 22.1 Å². The number of nitrogens with zero attached hydrogens (tertiary/aromatic N) is 3. The van der Waals surface area contributed by atoms with E-state index < -0.39 is 0 Å². The Morgan fingerprint density at radius 3 is 1.13 bits per heavy atom. The standard InChI is InChI=1S/C67H49N3/c1-3-11-54(12-4-1)69-64-17-9-7-15-59(64)62-43-51(31-39-66(62)69)48-27-35-57(36-28-48)68(56-33-25-47(26-34-56)46-21-23-50(24-22-46)61-42-45-19-20-53(61)41-45)58-37-29-49(30-38-58)52-32-40-67-63(44-52)60-16-8-10-18-65(60)70(67)55-13-5-2-6-14-55/h1-40,43-45,53,61H,41-42H2. The molecule has 0 saturated heterocycles. The van der Waals surface area contributed by atoms with Crippen molar-refractivity contribution >= 4 is 60.7 Å². The van der Waals surface area contributed by atoms with E-state index in [1.807, 2.05) is 0 Å². The molecule has 2 aliphatic carbocycles. The Kier molecular flexibility index (Phi) is 9.55. The lowest BCUT2D eigenvalue weighted by molar-refractivity contribution is 0.586. The molecular weight excluding hydrogens is 847 g/mol. The van der Waals surface area contributed by atoms with E-state index in [1.165, 1.54) is 107 Å². The number of para-hydroxylation sites is 4. The average molecular weight is 896 g/mol. The predicted molar refractivity (Wildman–Crippen MR) is 294 cm³/mol. The third-order valence-electron chi connectivity index (χ3n) is 15.4. The second kappa shape index (κ2) is 16.5. The van der Waals surface area contributed by atoms with Crippen molar-refractivity contribution in [3.63, 3.8) is 0 Å². The van der Waals surface area contributed by atoms with Crippen LogP contribution in [0.15, 0.2) is 255 Å². The van der Waals surface area contributed by atoms with Crippen molar-refractivity contribution < 1.29 is 0 Å². The van der Waals surface area contributed by atoms with Crippen molar-refractivity contribution in [3.8, 4) is 44.8 Å². The molecule has 1 saturated carbocycles. The van der Waals surface area contributed by atoms with Crippen LogP contribution in [0.4, 0.5) is 17.1 Å². The number of rotatable bonds is 9. The van der Waals surface area contributed by atoms with E-state index in [9.17, 15) is 0 Å². The molecule has 3 heteroatoms. The lowest BCUT2D eigenvalue weighted by atomic mass is 9.86. The molecule has 0 aliphatic heterocycles. The Morgan fingerprint density at radius 2 is 0.700 bits per heavy atom. The Bertz CT molecular complexity index is 3720. The number of hydrogen-bond acceptors (Lipinski definition) is 1. The number of benzene rings is 10. The van der Waals surface area contributed by atoms with Gasteiger partial charge in [0.1, 0.15) is 0 Å². The quantitative estimate of drug-likeness (QED) is 0.132. The van der Waals surface area contributed by atoms with Gasteiger partial charge in [-0.15, -0.1) is 0 Å². The van der Waals surface area contributed by atoms with Crippen LogP contribution in [0.25, 0.3) is 88.4 Å². The van der Waals surface area contributed by atoms with E-state index in [1.54, 1.807) is 0 Å². The van der Waals surface area contributed by atoms with Crippen LogP contribution >= 0.6 is 0 Å². The van der Waals surface area contributed by atoms with Gasteiger partial charge in [-0.3, -0.25) is 0 Å². The van der Waals surface area contributed by atoms with Crippen LogP contribution in [0.1, 0.15) is 24.3 Å². The van der Waals surface area contributed by atoms with Crippen molar-refractivity contribution in [1.82, 2.24) is 9.13 Å². The van der Waals surface area contributed by atoms with Gasteiger partial charge in [0, 0.05) is 50.0 Å². The summed E-state index contributed by atoms with van der Waals surface area (Å²) in [5.41, 5.74) is 19.2. The molecule has 0 radical (unpaired) electrons. The van der Waals surface area contributed by atoms with Crippen LogP contribution in [0.3, 0.4) is 0 Å². The van der Waals surface area contributed by atoms with Crippen molar-refractivity contribution in [2.75, 3.05) is 4.90 Å². The molecule has 10 aromatic carbocycles. The topological polar surface area (TPSA) is 13.1 Å². The van der Waals surface area contributed by atoms with Gasteiger partial charge in [-0.2, -0.15) is 0 Å². The molecule has 2 aromatic heterocycles. The number of hydrogen-bond donors (Lipinski definition) is 0. The molecule has 3 unspecified atom stereocenters. The highest BCUT2D eigenvalue weighted by Gasteiger charge is 2.36. The fourth-order valence-corrected chi connectivity index (χ4v) is 12.0. The SMILES string of the molecule is C1=CC2CC1CC2c1ccc(-c2ccc(N(c3ccc(-c4ccc5c(c4)c4ccccc4n5-c4ccccc4)cc3)c3ccc(-c4ccc5c(c4)c4ccccc4n5-c4ccccc4)cc3)cc2)cc1. The highest BCUT2D eigenvalue weighted by atomic mass is 15.1. The minimum absolute atomic E-state index is 0.659. The summed E-state index contributed by atoms with van der Waals surface area (Å²) in [6.07, 6.45) is 7.50. The summed E-state index contributed by atoms with van der Waals surface area (Å²) in [6.45, 7) is 0. The van der Waals surface area contributed by atoms with Gasteiger partial charge in [0.15, 0.2) is 0 Å². The van der Waals surface area contributed by atoms with E-state index >= 15 is 0 Å². The molecule has 0 N–H and O–H groups in total. The Balaban J connectivity index is 0.820. The van der Waals surface area contributed by atoms with Crippen LogP contribution in [0.5, 0.6) is 0 Å². The zero-order chi connectivity index (χ0) is 46.1. The van der Waals surface area contributed by atoms with Crippen molar-refractivity contribution in [1.29, 1.82) is 0 Å². The molecule has 70 heavy (non-hydrogen) atoms. The van der Waals surface area contributed by atoms with Gasteiger partial charge in [-0.05, 0) is 167 Å². The molecule has 2 bridgehead atoms. The summed E-state index contributed by atoms with van der Waals surface area (Å²) in [5, 5.41) is 5.01. The number of anilines is 3. The predicted octanol–water partition coefficient (Wildman–Crippen LogP) is 18.0. The van der Waals surface area contributed by atoms with E-state index in [0.717, 1.165) is 23.0 Å². The van der Waals surface area contributed by atoms with E-state index in [-0.39, 0.29) is 0 Å². The Morgan fingerprint density at radius 1 is 0.314 bits per heavy atom. The highest BCUT2D eigenvalue weighted by Crippen LogP contribution is 2.49. The molecule has 1 fully saturated rings. The second-order valence-electron chi connectivity index (χ2n) is 19.3. The zero-order valence-corrected chi connectivity index (χ0v) is 38.7. The third-order valence-corrected chi connectivity index (χ3v) is 15.4. The molecule has 14 rings (SSSR count). The largest absolute Gasteiger partial charge is 0.311 e. The van der Waals surface area contributed by atoms with Crippen molar-refractivity contribution in [3.05, 3.63) is 260 Å². The molecule has 12 aromatic rings. The zero-order valence-electron chi connectivity index (χ0n) is 38.7. The number of allylic oxidation sites excluding steroid dienone is 2. The average Bonchev–Trinajstić information content (AvgIpc) is 4.23. The molecule has 3 nitrogen and oxygen atoms in total. The first kappa shape index (κ1) is 40.4. The number of aromatic nitrogens is 2. The molecule has 0 amide bonds. The summed E-state index contributed by atoms with van der Waals surface area (Å²) >= 11 is 0. The fraction of sp³-hybridized carbons (Fsp3) is 0.0746. The lowest BCUT2D eigenvalue weighted by Crippen LogP contribution is -2.09. The Labute approximate surface area is 408 Å². The fourth-order valence-electron chi connectivity index (χ4n) is 12.0. The number of fused-ring (bicyclic) bond motifs is 8. The first-order valence-electron chi connectivity index (χ1n) is 24.8. The van der Waals surface area contributed by atoms with Gasteiger partial charge in [0.2, 0.25) is 0 Å². The van der Waals surface area contributed by atoms with Crippen LogP contribution in [0, 0.1) is 11.8 Å². The highest BCUT2D eigenvalue weighted by molar-refractivity contribution is 6.11. The van der Waals surface area contributed by atoms with E-state index in [2.05, 4.69) is 269 Å². The maximum Gasteiger partial charge on any atom is 0.0541 e. The first-order valence-corrected chi connectivity index (χ1v) is 24.8. The summed E-state index contributed by atoms with van der Waals surface area (Å²) in [5.74, 6) is 2.13. The van der Waals surface area contributed by atoms with Gasteiger partial charge < -0.3 is 14.0 Å². The molecule has 3 atom stereocenters. The maximum absolute atomic E-state index is 2.45. The second-order valence-corrected chi connectivity index (χ2v) is 19.3. The summed E-state index contributed by atoms with van der Waals surface area (Å²) < 4.78 is 4.75. The first-order chi connectivity index (χ1) is 34.7. The smallest absolute Gasteiger partial charge is 0.0541 e. The minimum atomic E-state index is 0.659. The summed E-state index contributed by atoms with van der Waals surface area (Å²) in [6, 6.07) is 89.3. The summed E-state index contributed by atoms with van der Waals surface area (Å²) in [7, 11) is 0. The lowest BCUT2D eigenvalue weighted by Gasteiger charge is -2.26. The summed E-state index contributed by atoms with van der Waals surface area (Å²) in [4.78, 5) is 2.39. The van der Waals surface area contributed by atoms with E-state index in [0.29, 0.717) is 11.8 Å². The minimum Gasteiger partial charge on any atom is -0.311 e. The maximum atomic E-state index is 2.45. The van der Waals surface area contributed by atoms with Gasteiger partial charge in [-0.1, -0.05) is 158 Å². The molecule has 0 spiro atoms. The van der Waals surface area contributed by atoms with Crippen LogP contribution < -0.4 is 4.90 Å². The van der Waals surface area contributed by atoms with E-state index in [4.69, 9.17) is 0 Å². The van der Waals surface area contributed by atoms with Crippen LogP contribution in [0.2, 0.25) is 0 Å². The van der Waals surface area contributed by atoms with Gasteiger partial charge in [-0.25, -0.2) is 0 Å². The van der Waals surface area contributed by atoms with Gasteiger partial charge in [0.25, 0.3) is 0 Å². The molecule has 2 aliphatic rings.